The first-order chi connectivity index (χ1) is 14.5. The van der Waals surface area contributed by atoms with Crippen molar-refractivity contribution < 1.29 is 19.8 Å². The first-order valence-corrected chi connectivity index (χ1v) is 11.1. The van der Waals surface area contributed by atoms with Crippen LogP contribution in [0.2, 0.25) is 0 Å². The van der Waals surface area contributed by atoms with E-state index >= 15 is 0 Å². The van der Waals surface area contributed by atoms with Crippen molar-refractivity contribution in [3.63, 3.8) is 0 Å². The Morgan fingerprint density at radius 3 is 2.73 bits per heavy atom. The second-order valence-corrected chi connectivity index (χ2v) is 8.80. The molecule has 0 radical (unpaired) electrons. The van der Waals surface area contributed by atoms with Crippen LogP contribution in [-0.4, -0.2) is 39.4 Å². The van der Waals surface area contributed by atoms with Crippen LogP contribution < -0.4 is 5.32 Å². The predicted molar refractivity (Wildman–Crippen MR) is 119 cm³/mol. The van der Waals surface area contributed by atoms with E-state index in [-0.39, 0.29) is 24.0 Å². The normalized spacial score (nSPS) is 19.1. The van der Waals surface area contributed by atoms with Crippen LogP contribution in [0.15, 0.2) is 52.7 Å². The van der Waals surface area contributed by atoms with Crippen LogP contribution >= 0.6 is 11.8 Å². The zero-order valence-electron chi connectivity index (χ0n) is 16.6. The summed E-state index contributed by atoms with van der Waals surface area (Å²) in [4.78, 5) is 28.8. The maximum Gasteiger partial charge on any atom is 0.333 e. The molecule has 30 heavy (non-hydrogen) atoms. The van der Waals surface area contributed by atoms with Crippen molar-refractivity contribution in [1.29, 1.82) is 0 Å². The summed E-state index contributed by atoms with van der Waals surface area (Å²) in [5, 5.41) is 25.0. The van der Waals surface area contributed by atoms with E-state index in [0.29, 0.717) is 30.5 Å². The van der Waals surface area contributed by atoms with Crippen molar-refractivity contribution in [3.05, 3.63) is 53.2 Å². The Labute approximate surface area is 179 Å². The molecule has 2 aliphatic rings. The minimum atomic E-state index is -0.956. The molecule has 0 saturated heterocycles. The van der Waals surface area contributed by atoms with Crippen LogP contribution in [0.1, 0.15) is 31.2 Å². The van der Waals surface area contributed by atoms with Gasteiger partial charge in [-0.3, -0.25) is 9.79 Å². The molecule has 3 N–H and O–H groups in total. The van der Waals surface area contributed by atoms with Gasteiger partial charge in [-0.15, -0.1) is 11.8 Å². The molecular weight excluding hydrogens is 400 g/mol. The third kappa shape index (κ3) is 4.67. The lowest BCUT2D eigenvalue weighted by Crippen LogP contribution is -2.31. The van der Waals surface area contributed by atoms with E-state index in [1.165, 1.54) is 0 Å². The first-order valence-electron chi connectivity index (χ1n) is 10.1. The summed E-state index contributed by atoms with van der Waals surface area (Å²) in [6, 6.07) is 11.1. The Morgan fingerprint density at radius 1 is 1.17 bits per heavy atom. The van der Waals surface area contributed by atoms with Gasteiger partial charge in [0.25, 0.3) is 0 Å². The summed E-state index contributed by atoms with van der Waals surface area (Å²) in [5.41, 5.74) is 1.87. The van der Waals surface area contributed by atoms with Gasteiger partial charge in [-0.25, -0.2) is 4.79 Å². The van der Waals surface area contributed by atoms with E-state index in [9.17, 15) is 19.8 Å². The van der Waals surface area contributed by atoms with Gasteiger partial charge >= 0.3 is 5.97 Å². The number of aliphatic imine (C=N–C) groups is 1. The summed E-state index contributed by atoms with van der Waals surface area (Å²) < 4.78 is 0. The fourth-order valence-electron chi connectivity index (χ4n) is 4.04. The van der Waals surface area contributed by atoms with Gasteiger partial charge in [0, 0.05) is 30.3 Å². The largest absolute Gasteiger partial charge is 0.508 e. The number of benzene rings is 2. The van der Waals surface area contributed by atoms with Gasteiger partial charge in [-0.2, -0.15) is 0 Å². The zero-order chi connectivity index (χ0) is 21.1. The maximum atomic E-state index is 12.6. The summed E-state index contributed by atoms with van der Waals surface area (Å²) in [7, 11) is 0. The molecule has 1 amide bonds. The Morgan fingerprint density at radius 2 is 1.97 bits per heavy atom. The number of phenols is 1. The van der Waals surface area contributed by atoms with Crippen molar-refractivity contribution in [2.45, 2.75) is 32.1 Å². The highest BCUT2D eigenvalue weighted by atomic mass is 32.2. The minimum Gasteiger partial charge on any atom is -0.508 e. The number of thioether (sulfide) groups is 1. The molecule has 1 heterocycles. The van der Waals surface area contributed by atoms with E-state index in [0.717, 1.165) is 40.1 Å². The number of hydrogen-bond acceptors (Lipinski definition) is 5. The van der Waals surface area contributed by atoms with Crippen molar-refractivity contribution in [2.75, 3.05) is 12.3 Å². The van der Waals surface area contributed by atoms with Gasteiger partial charge < -0.3 is 15.5 Å². The first kappa shape index (κ1) is 20.5. The Kier molecular flexibility index (Phi) is 6.08. The SMILES string of the molecule is O=C(CCc1ccc2cc(O)ccc2c1)NC1=C(C(=O)O)CCC(C2=NCCS2)C1. The lowest BCUT2D eigenvalue weighted by atomic mass is 9.87. The Balaban J connectivity index is 1.41. The number of fused-ring (bicyclic) bond motifs is 1. The number of rotatable bonds is 6. The molecule has 7 heteroatoms. The number of carboxylic acids is 1. The zero-order valence-corrected chi connectivity index (χ0v) is 17.4. The monoisotopic (exact) mass is 424 g/mol. The van der Waals surface area contributed by atoms with Crippen molar-refractivity contribution in [3.8, 4) is 5.75 Å². The molecule has 1 aliphatic carbocycles. The van der Waals surface area contributed by atoms with Gasteiger partial charge in [-0.05, 0) is 54.2 Å². The number of allylic oxidation sites excluding steroid dienone is 1. The number of nitrogens with one attached hydrogen (secondary N) is 1. The Hall–Kier alpha value is -2.80. The number of carbonyl (C=O) groups excluding carboxylic acids is 1. The summed E-state index contributed by atoms with van der Waals surface area (Å²) in [6.45, 7) is 0.819. The van der Waals surface area contributed by atoms with Gasteiger partial charge in [0.2, 0.25) is 5.91 Å². The van der Waals surface area contributed by atoms with E-state index in [1.807, 2.05) is 24.3 Å². The molecular formula is C23H24N2O4S. The molecule has 0 fully saturated rings. The molecule has 6 nitrogen and oxygen atoms in total. The van der Waals surface area contributed by atoms with Crippen LogP contribution in [0, 0.1) is 5.92 Å². The van der Waals surface area contributed by atoms with Crippen LogP contribution in [0.4, 0.5) is 0 Å². The van der Waals surface area contributed by atoms with Crippen LogP contribution in [0.5, 0.6) is 5.75 Å². The maximum absolute atomic E-state index is 12.6. The van der Waals surface area contributed by atoms with Gasteiger partial charge in [0.15, 0.2) is 0 Å². The average molecular weight is 425 g/mol. The molecule has 0 bridgehead atoms. The third-order valence-corrected chi connectivity index (χ3v) is 6.74. The molecule has 1 unspecified atom stereocenters. The van der Waals surface area contributed by atoms with E-state index in [2.05, 4.69) is 10.3 Å². The smallest absolute Gasteiger partial charge is 0.333 e. The van der Waals surface area contributed by atoms with E-state index in [4.69, 9.17) is 0 Å². The summed E-state index contributed by atoms with van der Waals surface area (Å²) in [5.74, 6) is 0.283. The van der Waals surface area contributed by atoms with Crippen molar-refractivity contribution >= 4 is 39.5 Å². The van der Waals surface area contributed by atoms with E-state index < -0.39 is 5.97 Å². The quantitative estimate of drug-likeness (QED) is 0.654. The number of aliphatic carboxylic acids is 1. The van der Waals surface area contributed by atoms with Gasteiger partial charge in [-0.1, -0.05) is 24.3 Å². The van der Waals surface area contributed by atoms with Crippen LogP contribution in [0.25, 0.3) is 10.8 Å². The number of carboxylic acid groups (broad SMARTS) is 1. The lowest BCUT2D eigenvalue weighted by Gasteiger charge is -2.26. The number of aryl methyl sites for hydroxylation is 1. The molecule has 0 spiro atoms. The molecule has 4 rings (SSSR count). The Bertz CT molecular complexity index is 1060. The van der Waals surface area contributed by atoms with Gasteiger partial charge in [0.05, 0.1) is 10.6 Å². The molecule has 1 atom stereocenters. The number of amides is 1. The predicted octanol–water partition coefficient (Wildman–Crippen LogP) is 3.88. The molecule has 2 aromatic carbocycles. The molecule has 0 saturated carbocycles. The van der Waals surface area contributed by atoms with Crippen molar-refractivity contribution in [1.82, 2.24) is 5.32 Å². The fraction of sp³-hybridized carbons (Fsp3) is 0.348. The van der Waals surface area contributed by atoms with Gasteiger partial charge in [0.1, 0.15) is 5.75 Å². The average Bonchev–Trinajstić information content (AvgIpc) is 3.27. The third-order valence-electron chi connectivity index (χ3n) is 5.59. The number of phenolic OH excluding ortho intramolecular Hbond substituents is 1. The lowest BCUT2D eigenvalue weighted by molar-refractivity contribution is -0.133. The van der Waals surface area contributed by atoms with Crippen molar-refractivity contribution in [2.24, 2.45) is 10.9 Å². The molecule has 0 aromatic heterocycles. The van der Waals surface area contributed by atoms with Crippen LogP contribution in [0.3, 0.4) is 0 Å². The van der Waals surface area contributed by atoms with E-state index in [1.54, 1.807) is 23.9 Å². The molecule has 2 aromatic rings. The minimum absolute atomic E-state index is 0.170. The second kappa shape index (κ2) is 8.92. The highest BCUT2D eigenvalue weighted by Crippen LogP contribution is 2.34. The number of aromatic hydroxyl groups is 1. The topological polar surface area (TPSA) is 99.0 Å². The fourth-order valence-corrected chi connectivity index (χ4v) is 5.05. The highest BCUT2D eigenvalue weighted by molar-refractivity contribution is 8.14. The van der Waals surface area contributed by atoms with Crippen LogP contribution in [-0.2, 0) is 16.0 Å². The summed E-state index contributed by atoms with van der Waals surface area (Å²) >= 11 is 1.74. The number of hydrogen-bond donors (Lipinski definition) is 3. The second-order valence-electron chi connectivity index (χ2n) is 7.68. The molecule has 1 aliphatic heterocycles. The number of nitrogens with zero attached hydrogens (tertiary/aromatic N) is 1. The highest BCUT2D eigenvalue weighted by Gasteiger charge is 2.30. The summed E-state index contributed by atoms with van der Waals surface area (Å²) in [6.07, 6.45) is 2.58. The number of carbonyl (C=O) groups is 2. The molecule has 156 valence electrons. The standard InChI is InChI=1S/C23H24N2O4S/c26-18-6-4-15-11-14(1-3-16(15)12-18)2-8-21(27)25-20-13-17(22-24-9-10-30-22)5-7-19(20)23(28)29/h1,3-4,6,11-12,17,26H,2,5,7-10,13H2,(H,25,27)(H,28,29).